The maximum absolute atomic E-state index is 14.8. The first-order valence-corrected chi connectivity index (χ1v) is 22.6. The van der Waals surface area contributed by atoms with Crippen LogP contribution in [0.4, 0.5) is 34.6 Å². The van der Waals surface area contributed by atoms with Crippen LogP contribution in [0.5, 0.6) is 0 Å². The van der Waals surface area contributed by atoms with Crippen molar-refractivity contribution in [2.45, 2.75) is 37.0 Å². The Bertz CT molecular complexity index is 2580. The Kier molecular flexibility index (Phi) is 14.0. The number of alkyl halides is 3. The second-order valence-electron chi connectivity index (χ2n) is 16.6. The summed E-state index contributed by atoms with van der Waals surface area (Å²) < 4.78 is 64.4. The molecule has 0 radical (unpaired) electrons. The number of benzene rings is 6. The van der Waals surface area contributed by atoms with Crippen molar-refractivity contribution in [2.75, 3.05) is 61.6 Å². The maximum atomic E-state index is 14.8. The molecule has 3 N–H and O–H groups in total. The van der Waals surface area contributed by atoms with Gasteiger partial charge in [-0.15, -0.1) is 0 Å². The number of piperazine rings is 1. The van der Waals surface area contributed by atoms with Crippen LogP contribution in [-0.2, 0) is 21.5 Å². The van der Waals surface area contributed by atoms with Crippen LogP contribution in [0.3, 0.4) is 0 Å². The number of amides is 2. The quantitative estimate of drug-likeness (QED) is 0.0489. The van der Waals surface area contributed by atoms with Crippen molar-refractivity contribution in [3.05, 3.63) is 195 Å². The summed E-state index contributed by atoms with van der Waals surface area (Å²) in [6.45, 7) is 2.89. The van der Waals surface area contributed by atoms with Gasteiger partial charge in [0.2, 0.25) is 0 Å². The van der Waals surface area contributed by atoms with Gasteiger partial charge in [0, 0.05) is 66.8 Å². The normalized spacial score (nSPS) is 15.0. The molecule has 2 aliphatic heterocycles. The van der Waals surface area contributed by atoms with Crippen molar-refractivity contribution < 1.29 is 31.9 Å². The van der Waals surface area contributed by atoms with Crippen molar-refractivity contribution in [3.8, 4) is 0 Å². The van der Waals surface area contributed by atoms with Crippen LogP contribution in [-0.4, -0.2) is 81.2 Å². The summed E-state index contributed by atoms with van der Waals surface area (Å²) in [7, 11) is 1.99. The summed E-state index contributed by atoms with van der Waals surface area (Å²) in [5, 5.41) is 16.2. The zero-order valence-electron chi connectivity index (χ0n) is 36.3. The molecule has 14 heteroatoms. The lowest BCUT2D eigenvalue weighted by Crippen LogP contribution is -2.50. The molecule has 6 aromatic rings. The van der Waals surface area contributed by atoms with E-state index in [9.17, 15) is 32.6 Å². The lowest BCUT2D eigenvalue weighted by atomic mass is 9.76. The van der Waals surface area contributed by atoms with E-state index in [1.807, 2.05) is 109 Å². The maximum Gasteiger partial charge on any atom is 0.471 e. The highest BCUT2D eigenvalue weighted by Gasteiger charge is 2.47. The summed E-state index contributed by atoms with van der Waals surface area (Å²) >= 11 is 3.77. The Morgan fingerprint density at radius 1 is 0.758 bits per heavy atom. The van der Waals surface area contributed by atoms with Gasteiger partial charge < -0.3 is 30.1 Å². The van der Waals surface area contributed by atoms with Gasteiger partial charge in [0.15, 0.2) is 0 Å². The van der Waals surface area contributed by atoms with E-state index < -0.39 is 35.4 Å². The molecule has 0 bridgehead atoms. The Hall–Kier alpha value is -6.35. The topological polar surface area (TPSA) is 101 Å². The third-order valence-corrected chi connectivity index (χ3v) is 13.0. The average Bonchev–Trinajstić information content (AvgIpc) is 3.32. The SMILES string of the molecule is CN1CCN(c2ccc(C(=O)NC(=N)c3cc(Cc4cccc(F)c4)c(Br)cc3NC(c3ccccc3)(c3ccccc3)c3ccccc3)c(N(C(=O)C(F)(F)F)C3CCOCC3)c2)CC1. The van der Waals surface area contributed by atoms with E-state index in [1.165, 1.54) is 24.3 Å². The van der Waals surface area contributed by atoms with Crippen LogP contribution in [0.25, 0.3) is 0 Å². The van der Waals surface area contributed by atoms with Gasteiger partial charge in [0.1, 0.15) is 17.2 Å². The molecule has 340 valence electrons. The molecule has 6 aromatic carbocycles. The van der Waals surface area contributed by atoms with Gasteiger partial charge in [0.05, 0.1) is 11.3 Å². The lowest BCUT2D eigenvalue weighted by molar-refractivity contribution is -0.171. The number of hydrogen-bond acceptors (Lipinski definition) is 7. The summed E-state index contributed by atoms with van der Waals surface area (Å²) in [5.41, 5.74) is 3.70. The number of rotatable bonds is 12. The largest absolute Gasteiger partial charge is 0.471 e. The molecular weight excluding hydrogens is 913 g/mol. The molecule has 0 atom stereocenters. The molecule has 8 rings (SSSR count). The highest BCUT2D eigenvalue weighted by molar-refractivity contribution is 9.10. The second-order valence-corrected chi connectivity index (χ2v) is 17.5. The number of amidine groups is 1. The highest BCUT2D eigenvalue weighted by atomic mass is 79.9. The molecule has 9 nitrogen and oxygen atoms in total. The Morgan fingerprint density at radius 2 is 1.35 bits per heavy atom. The van der Waals surface area contributed by atoms with Crippen LogP contribution >= 0.6 is 15.9 Å². The molecule has 2 amide bonds. The number of likely N-dealkylation sites (N-methyl/N-ethyl adjacent to an activating group) is 1. The molecule has 2 fully saturated rings. The van der Waals surface area contributed by atoms with Crippen molar-refractivity contribution >= 4 is 50.6 Å². The van der Waals surface area contributed by atoms with Crippen LogP contribution in [0.2, 0.25) is 0 Å². The zero-order valence-corrected chi connectivity index (χ0v) is 37.8. The van der Waals surface area contributed by atoms with Gasteiger partial charge in [-0.25, -0.2) is 4.39 Å². The minimum Gasteiger partial charge on any atom is -0.381 e. The standard InChI is InChI=1S/C52H49BrF4N6O3/c1-61-24-26-62(27-25-61)42-20-21-43(47(33-42)63(50(65)52(55,56)57)41-22-28-66-29-23-41)49(64)59-48(58)44-32-36(30-35-12-11-19-40(54)31-35)45(53)34-46(44)60-51(37-13-5-2-6-14-37,38-15-7-3-8-16-38)39-17-9-4-10-18-39/h2-21,31-34,41,60H,22-30H2,1H3,(H2,58,59,64). The molecule has 2 saturated heterocycles. The molecule has 2 heterocycles. The van der Waals surface area contributed by atoms with Crippen LogP contribution < -0.4 is 20.4 Å². The second kappa shape index (κ2) is 20.0. The molecule has 0 unspecified atom stereocenters. The zero-order chi connectivity index (χ0) is 46.4. The van der Waals surface area contributed by atoms with E-state index >= 15 is 0 Å². The summed E-state index contributed by atoms with van der Waals surface area (Å²) in [4.78, 5) is 33.2. The van der Waals surface area contributed by atoms with E-state index in [-0.39, 0.29) is 55.1 Å². The van der Waals surface area contributed by atoms with Crippen molar-refractivity contribution in [3.63, 3.8) is 0 Å². The minimum atomic E-state index is -5.25. The summed E-state index contributed by atoms with van der Waals surface area (Å²) in [6.07, 6.45) is -4.73. The molecule has 0 aliphatic carbocycles. The van der Waals surface area contributed by atoms with Gasteiger partial charge in [0.25, 0.3) is 5.91 Å². The number of carbonyl (C=O) groups excluding carboxylic acids is 2. The van der Waals surface area contributed by atoms with E-state index in [4.69, 9.17) is 4.74 Å². The molecule has 0 spiro atoms. The summed E-state index contributed by atoms with van der Waals surface area (Å²) in [6, 6.07) is 42.9. The number of carbonyl (C=O) groups is 2. The number of halogens is 5. The van der Waals surface area contributed by atoms with E-state index in [2.05, 4.69) is 31.5 Å². The van der Waals surface area contributed by atoms with E-state index in [1.54, 1.807) is 24.3 Å². The minimum absolute atomic E-state index is 0.130. The number of nitrogens with zero attached hydrogens (tertiary/aromatic N) is 3. The van der Waals surface area contributed by atoms with E-state index in [0.717, 1.165) is 16.7 Å². The first-order valence-electron chi connectivity index (χ1n) is 21.8. The summed E-state index contributed by atoms with van der Waals surface area (Å²) in [5.74, 6) is -3.75. The lowest BCUT2D eigenvalue weighted by Gasteiger charge is -2.38. The number of nitrogens with one attached hydrogen (secondary N) is 3. The Labute approximate surface area is 390 Å². The molecular formula is C52H49BrF4N6O3. The third-order valence-electron chi connectivity index (χ3n) is 12.3. The van der Waals surface area contributed by atoms with Gasteiger partial charge in [-0.3, -0.25) is 15.0 Å². The van der Waals surface area contributed by atoms with E-state index in [0.29, 0.717) is 58.1 Å². The van der Waals surface area contributed by atoms with Crippen LogP contribution in [0.15, 0.2) is 150 Å². The number of ether oxygens (including phenoxy) is 1. The predicted octanol–water partition coefficient (Wildman–Crippen LogP) is 10.2. The smallest absolute Gasteiger partial charge is 0.381 e. The van der Waals surface area contributed by atoms with Crippen molar-refractivity contribution in [1.29, 1.82) is 5.41 Å². The first kappa shape index (κ1) is 46.2. The van der Waals surface area contributed by atoms with Gasteiger partial charge in [-0.2, -0.15) is 13.2 Å². The van der Waals surface area contributed by atoms with Crippen LogP contribution in [0, 0.1) is 11.2 Å². The van der Waals surface area contributed by atoms with Gasteiger partial charge in [-0.1, -0.05) is 119 Å². The monoisotopic (exact) mass is 960 g/mol. The van der Waals surface area contributed by atoms with Crippen LogP contribution in [0.1, 0.15) is 56.6 Å². The number of hydrogen-bond donors (Lipinski definition) is 3. The number of anilines is 3. The molecule has 0 aromatic heterocycles. The fourth-order valence-corrected chi connectivity index (χ4v) is 9.37. The molecule has 66 heavy (non-hydrogen) atoms. The third kappa shape index (κ3) is 10.1. The van der Waals surface area contributed by atoms with Gasteiger partial charge in [-0.05, 0) is 96.6 Å². The van der Waals surface area contributed by atoms with Gasteiger partial charge >= 0.3 is 12.1 Å². The Balaban J connectivity index is 1.26. The van der Waals surface area contributed by atoms with Crippen molar-refractivity contribution in [2.24, 2.45) is 0 Å². The first-order chi connectivity index (χ1) is 31.8. The average molecular weight is 962 g/mol. The molecule has 2 aliphatic rings. The van der Waals surface area contributed by atoms with Crippen molar-refractivity contribution in [1.82, 2.24) is 10.2 Å². The molecule has 0 saturated carbocycles. The highest BCUT2D eigenvalue weighted by Crippen LogP contribution is 2.42. The predicted molar refractivity (Wildman–Crippen MR) is 254 cm³/mol. The Morgan fingerprint density at radius 3 is 1.91 bits per heavy atom. The fraction of sp³-hybridized carbons (Fsp3) is 0.250. The fourth-order valence-electron chi connectivity index (χ4n) is 8.89.